The van der Waals surface area contributed by atoms with E-state index in [1.54, 1.807) is 0 Å². The second kappa shape index (κ2) is 6.61. The highest BCUT2D eigenvalue weighted by molar-refractivity contribution is 5.66. The van der Waals surface area contributed by atoms with Crippen molar-refractivity contribution in [2.45, 2.75) is 39.3 Å². The Morgan fingerprint density at radius 2 is 1.74 bits per heavy atom. The smallest absolute Gasteiger partial charge is 0.304 e. The molecule has 1 aromatic rings. The molecule has 1 unspecified atom stereocenters. The first-order valence-electron chi connectivity index (χ1n) is 6.24. The van der Waals surface area contributed by atoms with Gasteiger partial charge in [0.25, 0.3) is 0 Å². The zero-order valence-electron chi connectivity index (χ0n) is 11.4. The van der Waals surface area contributed by atoms with Crippen LogP contribution in [-0.4, -0.2) is 28.6 Å². The Bertz CT molecular complexity index is 429. The van der Waals surface area contributed by atoms with Crippen molar-refractivity contribution in [1.29, 1.82) is 0 Å². The van der Waals surface area contributed by atoms with Crippen molar-refractivity contribution in [1.82, 2.24) is 4.90 Å². The molecular weight excluding hydrogens is 252 g/mol. The average Bonchev–Trinajstić information content (AvgIpc) is 2.26. The molecule has 1 N–H and O–H groups in total. The van der Waals surface area contributed by atoms with Crippen LogP contribution >= 0.6 is 0 Å². The van der Waals surface area contributed by atoms with Crippen LogP contribution in [-0.2, 0) is 4.79 Å². The fourth-order valence-electron chi connectivity index (χ4n) is 2.13. The Morgan fingerprint density at radius 3 is 2.16 bits per heavy atom. The summed E-state index contributed by atoms with van der Waals surface area (Å²) in [6.45, 7) is 6.00. The number of carboxylic acid groups (broad SMARTS) is 1. The van der Waals surface area contributed by atoms with Gasteiger partial charge in [0.2, 0.25) is 0 Å². The number of hydrogen-bond donors (Lipinski definition) is 1. The number of carbonyl (C=O) groups is 1. The number of benzene rings is 1. The lowest BCUT2D eigenvalue weighted by atomic mass is 10.0. The molecule has 0 spiro atoms. The van der Waals surface area contributed by atoms with Crippen molar-refractivity contribution in [2.24, 2.45) is 0 Å². The van der Waals surface area contributed by atoms with Crippen LogP contribution in [0.25, 0.3) is 0 Å². The Balaban J connectivity index is 2.91. The zero-order chi connectivity index (χ0) is 14.6. The van der Waals surface area contributed by atoms with Crippen LogP contribution in [0.5, 0.6) is 0 Å². The normalized spacial score (nSPS) is 13.0. The second-order valence-corrected chi connectivity index (χ2v) is 4.85. The number of halogens is 2. The molecule has 1 rings (SSSR count). The fourth-order valence-corrected chi connectivity index (χ4v) is 2.13. The van der Waals surface area contributed by atoms with E-state index < -0.39 is 17.6 Å². The lowest BCUT2D eigenvalue weighted by Gasteiger charge is -2.32. The minimum absolute atomic E-state index is 0.000315. The van der Waals surface area contributed by atoms with Gasteiger partial charge in [-0.15, -0.1) is 0 Å². The summed E-state index contributed by atoms with van der Waals surface area (Å²) in [5, 5.41) is 8.74. The summed E-state index contributed by atoms with van der Waals surface area (Å²) in [4.78, 5) is 12.6. The lowest BCUT2D eigenvalue weighted by Crippen LogP contribution is -2.35. The van der Waals surface area contributed by atoms with Gasteiger partial charge < -0.3 is 5.11 Å². The van der Waals surface area contributed by atoms with Crippen LogP contribution in [0.15, 0.2) is 18.2 Å². The molecule has 1 aromatic carbocycles. The summed E-state index contributed by atoms with van der Waals surface area (Å²) >= 11 is 0. The van der Waals surface area contributed by atoms with Crippen LogP contribution in [0, 0.1) is 11.6 Å². The van der Waals surface area contributed by atoms with Gasteiger partial charge in [0.15, 0.2) is 0 Å². The molecule has 0 aliphatic rings. The third-order valence-corrected chi connectivity index (χ3v) is 3.11. The monoisotopic (exact) mass is 271 g/mol. The number of nitrogens with zero attached hydrogens (tertiary/aromatic N) is 1. The molecule has 0 aliphatic heterocycles. The van der Waals surface area contributed by atoms with E-state index in [0.29, 0.717) is 12.1 Å². The van der Waals surface area contributed by atoms with E-state index in [1.807, 2.05) is 25.7 Å². The standard InChI is InChI=1S/C14H19F2NO2/c1-9(2)17(5-4-14(18)19)10(3)11-6-12(15)8-13(16)7-11/h6-10H,4-5H2,1-3H3,(H,18,19). The third kappa shape index (κ3) is 4.59. The Morgan fingerprint density at radius 1 is 1.21 bits per heavy atom. The Kier molecular flexibility index (Phi) is 5.42. The maximum absolute atomic E-state index is 13.2. The molecule has 0 saturated heterocycles. The molecule has 0 radical (unpaired) electrons. The average molecular weight is 271 g/mol. The predicted octanol–water partition coefficient (Wildman–Crippen LogP) is 3.21. The molecule has 3 nitrogen and oxygen atoms in total. The molecule has 1 atom stereocenters. The topological polar surface area (TPSA) is 40.5 Å². The van der Waals surface area contributed by atoms with Gasteiger partial charge in [-0.05, 0) is 38.5 Å². The number of hydrogen-bond acceptors (Lipinski definition) is 2. The van der Waals surface area contributed by atoms with Gasteiger partial charge in [0.1, 0.15) is 11.6 Å². The van der Waals surface area contributed by atoms with E-state index in [-0.39, 0.29) is 18.5 Å². The highest BCUT2D eigenvalue weighted by Crippen LogP contribution is 2.24. The highest BCUT2D eigenvalue weighted by Gasteiger charge is 2.20. The summed E-state index contributed by atoms with van der Waals surface area (Å²) in [6, 6.07) is 3.23. The van der Waals surface area contributed by atoms with Gasteiger partial charge in [-0.25, -0.2) is 8.78 Å². The van der Waals surface area contributed by atoms with Crippen molar-refractivity contribution in [3.8, 4) is 0 Å². The van der Waals surface area contributed by atoms with Crippen molar-refractivity contribution in [3.63, 3.8) is 0 Å². The Labute approximate surface area is 111 Å². The van der Waals surface area contributed by atoms with E-state index >= 15 is 0 Å². The molecule has 0 heterocycles. The van der Waals surface area contributed by atoms with Gasteiger partial charge >= 0.3 is 5.97 Å². The SMILES string of the molecule is CC(C)N(CCC(=O)O)C(C)c1cc(F)cc(F)c1. The van der Waals surface area contributed by atoms with Crippen LogP contribution < -0.4 is 0 Å². The van der Waals surface area contributed by atoms with Gasteiger partial charge in [-0.2, -0.15) is 0 Å². The van der Waals surface area contributed by atoms with Crippen molar-refractivity contribution >= 4 is 5.97 Å². The van der Waals surface area contributed by atoms with Crippen LogP contribution in [0.1, 0.15) is 38.8 Å². The minimum atomic E-state index is -0.886. The maximum atomic E-state index is 13.2. The number of aliphatic carboxylic acids is 1. The van der Waals surface area contributed by atoms with E-state index in [2.05, 4.69) is 0 Å². The van der Waals surface area contributed by atoms with E-state index in [4.69, 9.17) is 5.11 Å². The van der Waals surface area contributed by atoms with Crippen LogP contribution in [0.2, 0.25) is 0 Å². The molecule has 0 saturated carbocycles. The van der Waals surface area contributed by atoms with Crippen LogP contribution in [0.4, 0.5) is 8.78 Å². The highest BCUT2D eigenvalue weighted by atomic mass is 19.1. The van der Waals surface area contributed by atoms with E-state index in [1.165, 1.54) is 12.1 Å². The maximum Gasteiger partial charge on any atom is 0.304 e. The van der Waals surface area contributed by atoms with Crippen LogP contribution in [0.3, 0.4) is 0 Å². The number of rotatable bonds is 6. The third-order valence-electron chi connectivity index (χ3n) is 3.11. The minimum Gasteiger partial charge on any atom is -0.481 e. The lowest BCUT2D eigenvalue weighted by molar-refractivity contribution is -0.137. The zero-order valence-corrected chi connectivity index (χ0v) is 11.4. The molecule has 0 bridgehead atoms. The van der Waals surface area contributed by atoms with E-state index in [9.17, 15) is 13.6 Å². The van der Waals surface area contributed by atoms with Gasteiger partial charge in [0.05, 0.1) is 6.42 Å². The molecule has 0 amide bonds. The van der Waals surface area contributed by atoms with Gasteiger partial charge in [-0.1, -0.05) is 0 Å². The quantitative estimate of drug-likeness (QED) is 0.863. The molecule has 0 aromatic heterocycles. The molecule has 19 heavy (non-hydrogen) atoms. The summed E-state index contributed by atoms with van der Waals surface area (Å²) in [7, 11) is 0. The van der Waals surface area contributed by atoms with E-state index in [0.717, 1.165) is 6.07 Å². The molecular formula is C14H19F2NO2. The van der Waals surface area contributed by atoms with Gasteiger partial charge in [0, 0.05) is 24.7 Å². The van der Waals surface area contributed by atoms with Crippen molar-refractivity contribution < 1.29 is 18.7 Å². The first kappa shape index (κ1) is 15.6. The van der Waals surface area contributed by atoms with Gasteiger partial charge in [-0.3, -0.25) is 9.69 Å². The first-order chi connectivity index (χ1) is 8.81. The second-order valence-electron chi connectivity index (χ2n) is 4.85. The summed E-state index contributed by atoms with van der Waals surface area (Å²) in [5.41, 5.74) is 0.511. The Hall–Kier alpha value is -1.49. The molecule has 106 valence electrons. The fraction of sp³-hybridized carbons (Fsp3) is 0.500. The summed E-state index contributed by atoms with van der Waals surface area (Å²) < 4.78 is 26.4. The van der Waals surface area contributed by atoms with Crippen molar-refractivity contribution in [2.75, 3.05) is 6.54 Å². The predicted molar refractivity (Wildman–Crippen MR) is 68.9 cm³/mol. The molecule has 0 fully saturated rings. The molecule has 5 heteroatoms. The number of carboxylic acids is 1. The summed E-state index contributed by atoms with van der Waals surface area (Å²) in [6.07, 6.45) is 0.000315. The summed E-state index contributed by atoms with van der Waals surface area (Å²) in [5.74, 6) is -2.13. The molecule has 0 aliphatic carbocycles. The van der Waals surface area contributed by atoms with Crippen molar-refractivity contribution in [3.05, 3.63) is 35.4 Å². The first-order valence-corrected chi connectivity index (χ1v) is 6.24. The largest absolute Gasteiger partial charge is 0.481 e.